The molecule has 0 radical (unpaired) electrons. The smallest absolute Gasteiger partial charge is 0.250 e. The number of fused-ring (bicyclic) bond motifs is 2. The molecule has 4 rings (SSSR count). The van der Waals surface area contributed by atoms with Crippen molar-refractivity contribution in [2.45, 2.75) is 25.3 Å². The number of anilines is 1. The molecule has 0 saturated carbocycles. The van der Waals surface area contributed by atoms with Gasteiger partial charge in [-0.3, -0.25) is 4.79 Å². The van der Waals surface area contributed by atoms with Crippen LogP contribution in [0.1, 0.15) is 40.6 Å². The first-order valence-electron chi connectivity index (χ1n) is 7.85. The van der Waals surface area contributed by atoms with Crippen LogP contribution in [0.4, 0.5) is 5.69 Å². The van der Waals surface area contributed by atoms with E-state index in [1.54, 1.807) is 6.07 Å². The number of aromatic amines is 1. The number of rotatable bonds is 2. The molecular weight excluding hydrogens is 288 g/mol. The second-order valence-electron chi connectivity index (χ2n) is 5.93. The van der Waals surface area contributed by atoms with Crippen LogP contribution in [-0.2, 0) is 6.42 Å². The molecule has 116 valence electrons. The number of amides is 1. The van der Waals surface area contributed by atoms with E-state index in [1.807, 2.05) is 18.2 Å². The molecule has 0 fully saturated rings. The van der Waals surface area contributed by atoms with Crippen LogP contribution >= 0.6 is 0 Å². The minimum Gasteiger partial charge on any atom is -0.375 e. The molecule has 0 saturated heterocycles. The van der Waals surface area contributed by atoms with Gasteiger partial charge in [0.1, 0.15) is 11.3 Å². The van der Waals surface area contributed by atoms with Crippen molar-refractivity contribution in [3.8, 4) is 0 Å². The quantitative estimate of drug-likeness (QED) is 0.680. The van der Waals surface area contributed by atoms with Gasteiger partial charge in [0, 0.05) is 5.69 Å². The predicted molar refractivity (Wildman–Crippen MR) is 90.4 cm³/mol. The summed E-state index contributed by atoms with van der Waals surface area (Å²) in [6.45, 7) is 0. The molecule has 4 N–H and O–H groups in total. The number of hydrogen-bond donors (Lipinski definition) is 3. The van der Waals surface area contributed by atoms with Gasteiger partial charge in [-0.1, -0.05) is 24.3 Å². The molecule has 0 spiro atoms. The maximum atomic E-state index is 11.6. The summed E-state index contributed by atoms with van der Waals surface area (Å²) in [5.74, 6) is 0.401. The van der Waals surface area contributed by atoms with E-state index in [0.717, 1.165) is 36.3 Å². The van der Waals surface area contributed by atoms with Crippen molar-refractivity contribution in [3.05, 3.63) is 59.4 Å². The van der Waals surface area contributed by atoms with Crippen LogP contribution in [0, 0.1) is 0 Å². The summed E-state index contributed by atoms with van der Waals surface area (Å²) in [5, 5.41) is 3.58. The molecule has 0 aliphatic carbocycles. The van der Waals surface area contributed by atoms with Crippen molar-refractivity contribution >= 4 is 22.6 Å². The Labute approximate surface area is 133 Å². The van der Waals surface area contributed by atoms with Crippen LogP contribution in [-0.4, -0.2) is 15.9 Å². The first kappa shape index (κ1) is 13.8. The average Bonchev–Trinajstić information content (AvgIpc) is 2.87. The summed E-state index contributed by atoms with van der Waals surface area (Å²) in [5.41, 5.74) is 9.89. The molecule has 23 heavy (non-hydrogen) atoms. The fraction of sp³-hybridized carbons (Fsp3) is 0.222. The molecule has 1 unspecified atom stereocenters. The second-order valence-corrected chi connectivity index (χ2v) is 5.93. The number of para-hydroxylation sites is 2. The van der Waals surface area contributed by atoms with E-state index in [0.29, 0.717) is 11.1 Å². The van der Waals surface area contributed by atoms with E-state index >= 15 is 0 Å². The number of aryl methyl sites for hydroxylation is 1. The number of carbonyl (C=O) groups is 1. The monoisotopic (exact) mass is 306 g/mol. The first-order valence-corrected chi connectivity index (χ1v) is 7.85. The van der Waals surface area contributed by atoms with E-state index in [9.17, 15) is 4.79 Å². The van der Waals surface area contributed by atoms with E-state index in [4.69, 9.17) is 5.73 Å². The second kappa shape index (κ2) is 5.43. The number of H-pyrrole nitrogens is 1. The van der Waals surface area contributed by atoms with Gasteiger partial charge in [0.25, 0.3) is 5.91 Å². The fourth-order valence-electron chi connectivity index (χ4n) is 3.26. The fourth-order valence-corrected chi connectivity index (χ4v) is 3.26. The van der Waals surface area contributed by atoms with Gasteiger partial charge in [-0.2, -0.15) is 0 Å². The average molecular weight is 306 g/mol. The Bertz CT molecular complexity index is 884. The summed E-state index contributed by atoms with van der Waals surface area (Å²) in [6.07, 6.45) is 3.14. The molecule has 1 aliphatic heterocycles. The first-order chi connectivity index (χ1) is 11.2. The maximum absolute atomic E-state index is 11.6. The van der Waals surface area contributed by atoms with Gasteiger partial charge in [-0.25, -0.2) is 4.98 Å². The van der Waals surface area contributed by atoms with Crippen LogP contribution in [0.15, 0.2) is 42.5 Å². The van der Waals surface area contributed by atoms with Gasteiger partial charge in [0.2, 0.25) is 0 Å². The Balaban J connectivity index is 1.75. The van der Waals surface area contributed by atoms with Crippen molar-refractivity contribution in [1.29, 1.82) is 0 Å². The Hall–Kier alpha value is -2.82. The molecule has 3 aromatic rings. The number of carbonyl (C=O) groups excluding carboxylic acids is 1. The van der Waals surface area contributed by atoms with E-state index < -0.39 is 5.91 Å². The molecule has 1 amide bonds. The topological polar surface area (TPSA) is 83.8 Å². The van der Waals surface area contributed by atoms with Crippen LogP contribution in [0.5, 0.6) is 0 Å². The summed E-state index contributed by atoms with van der Waals surface area (Å²) in [6, 6.07) is 13.9. The zero-order chi connectivity index (χ0) is 15.8. The van der Waals surface area contributed by atoms with Crippen molar-refractivity contribution in [2.75, 3.05) is 5.32 Å². The highest BCUT2D eigenvalue weighted by atomic mass is 16.1. The third-order valence-electron chi connectivity index (χ3n) is 4.41. The lowest BCUT2D eigenvalue weighted by atomic mass is 10.1. The Morgan fingerprint density at radius 1 is 1.17 bits per heavy atom. The zero-order valence-electron chi connectivity index (χ0n) is 12.7. The molecule has 5 nitrogen and oxygen atoms in total. The minimum atomic E-state index is -0.451. The van der Waals surface area contributed by atoms with E-state index in [-0.39, 0.29) is 6.04 Å². The van der Waals surface area contributed by atoms with Crippen LogP contribution in [0.25, 0.3) is 11.0 Å². The van der Waals surface area contributed by atoms with Crippen LogP contribution in [0.3, 0.4) is 0 Å². The van der Waals surface area contributed by atoms with Crippen molar-refractivity contribution in [3.63, 3.8) is 0 Å². The lowest BCUT2D eigenvalue weighted by molar-refractivity contribution is 0.100. The summed E-state index contributed by atoms with van der Waals surface area (Å²) in [7, 11) is 0. The van der Waals surface area contributed by atoms with Crippen LogP contribution in [0.2, 0.25) is 0 Å². The third-order valence-corrected chi connectivity index (χ3v) is 4.41. The molecule has 0 bridgehead atoms. The Morgan fingerprint density at radius 2 is 2.04 bits per heavy atom. The number of nitrogens with one attached hydrogen (secondary N) is 2. The summed E-state index contributed by atoms with van der Waals surface area (Å²) >= 11 is 0. The largest absolute Gasteiger partial charge is 0.375 e. The highest BCUT2D eigenvalue weighted by Crippen LogP contribution is 2.31. The minimum absolute atomic E-state index is 0.103. The SMILES string of the molecule is NC(=O)c1cccc2[nH]c(C3CCCc4ccccc4N3)nc12. The Morgan fingerprint density at radius 3 is 2.91 bits per heavy atom. The van der Waals surface area contributed by atoms with Crippen molar-refractivity contribution in [1.82, 2.24) is 9.97 Å². The molecule has 1 aromatic heterocycles. The number of imidazole rings is 1. The summed E-state index contributed by atoms with van der Waals surface area (Å²) < 4.78 is 0. The highest BCUT2D eigenvalue weighted by molar-refractivity contribution is 6.04. The number of aromatic nitrogens is 2. The van der Waals surface area contributed by atoms with Crippen LogP contribution < -0.4 is 11.1 Å². The van der Waals surface area contributed by atoms with Gasteiger partial charge >= 0.3 is 0 Å². The lowest BCUT2D eigenvalue weighted by Crippen LogP contribution is -2.12. The number of nitrogens with zero attached hydrogens (tertiary/aromatic N) is 1. The maximum Gasteiger partial charge on any atom is 0.250 e. The lowest BCUT2D eigenvalue weighted by Gasteiger charge is -2.15. The van der Waals surface area contributed by atoms with E-state index in [2.05, 4.69) is 33.5 Å². The summed E-state index contributed by atoms with van der Waals surface area (Å²) in [4.78, 5) is 19.6. The number of primary amides is 1. The molecule has 1 atom stereocenters. The third kappa shape index (κ3) is 2.44. The molecule has 2 aromatic carbocycles. The number of nitrogens with two attached hydrogens (primary N) is 1. The molecular formula is C18H18N4O. The normalized spacial score (nSPS) is 17.3. The number of benzene rings is 2. The van der Waals surface area contributed by atoms with Crippen molar-refractivity contribution < 1.29 is 4.79 Å². The highest BCUT2D eigenvalue weighted by Gasteiger charge is 2.21. The zero-order valence-corrected chi connectivity index (χ0v) is 12.7. The van der Waals surface area contributed by atoms with Gasteiger partial charge < -0.3 is 16.0 Å². The van der Waals surface area contributed by atoms with Gasteiger partial charge in [0.05, 0.1) is 17.1 Å². The molecule has 1 aliphatic rings. The molecule has 2 heterocycles. The molecule has 5 heteroatoms. The predicted octanol–water partition coefficient (Wildman–Crippen LogP) is 3.15. The van der Waals surface area contributed by atoms with Gasteiger partial charge in [0.15, 0.2) is 0 Å². The van der Waals surface area contributed by atoms with Gasteiger partial charge in [-0.05, 0) is 43.0 Å². The van der Waals surface area contributed by atoms with E-state index in [1.165, 1.54) is 5.56 Å². The Kier molecular flexibility index (Phi) is 3.26. The van der Waals surface area contributed by atoms with Crippen molar-refractivity contribution in [2.24, 2.45) is 5.73 Å². The standard InChI is InChI=1S/C18H18N4O/c19-17(23)12-7-4-9-14-16(12)22-18(21-14)15-10-3-6-11-5-1-2-8-13(11)20-15/h1-2,4-5,7-9,15,20H,3,6,10H2,(H2,19,23)(H,21,22). The number of hydrogen-bond acceptors (Lipinski definition) is 3. The van der Waals surface area contributed by atoms with Gasteiger partial charge in [-0.15, -0.1) is 0 Å².